The molecule has 0 N–H and O–H groups in total. The van der Waals surface area contributed by atoms with Crippen LogP contribution in [0.25, 0.3) is 0 Å². The highest BCUT2D eigenvalue weighted by atomic mass is 79.9. The zero-order chi connectivity index (χ0) is 20.1. The Morgan fingerprint density at radius 2 is 1.93 bits per heavy atom. The zero-order valence-electron chi connectivity index (χ0n) is 16.1. The van der Waals surface area contributed by atoms with Crippen molar-refractivity contribution in [2.24, 2.45) is 7.05 Å². The van der Waals surface area contributed by atoms with Crippen LogP contribution in [0.1, 0.15) is 21.6 Å². The van der Waals surface area contributed by atoms with E-state index >= 15 is 0 Å². The first kappa shape index (κ1) is 19.9. The Morgan fingerprint density at radius 1 is 1.18 bits per heavy atom. The number of hydrogen-bond acceptors (Lipinski definition) is 4. The van der Waals surface area contributed by atoms with Crippen LogP contribution in [0.4, 0.5) is 0 Å². The molecule has 0 radical (unpaired) electrons. The van der Waals surface area contributed by atoms with E-state index in [9.17, 15) is 4.79 Å². The van der Waals surface area contributed by atoms with Gasteiger partial charge >= 0.3 is 0 Å². The van der Waals surface area contributed by atoms with Crippen molar-refractivity contribution in [1.82, 2.24) is 14.7 Å². The molecule has 2 aromatic carbocycles. The standard InChI is InChI=1S/C21H22BrN3O3/c1-24(13-18-17(22)12-23-25(18)2)21(26)16-8-6-7-15(11-16)14-28-20-10-5-4-9-19(20)27-3/h4-12H,13-14H2,1-3H3. The molecule has 1 aromatic heterocycles. The molecule has 1 amide bonds. The highest BCUT2D eigenvalue weighted by Crippen LogP contribution is 2.26. The molecule has 28 heavy (non-hydrogen) atoms. The fourth-order valence-corrected chi connectivity index (χ4v) is 3.30. The summed E-state index contributed by atoms with van der Waals surface area (Å²) < 4.78 is 13.8. The first-order valence-corrected chi connectivity index (χ1v) is 9.55. The summed E-state index contributed by atoms with van der Waals surface area (Å²) in [4.78, 5) is 14.5. The van der Waals surface area contributed by atoms with E-state index in [4.69, 9.17) is 9.47 Å². The maximum absolute atomic E-state index is 12.8. The summed E-state index contributed by atoms with van der Waals surface area (Å²) in [7, 11) is 5.24. The smallest absolute Gasteiger partial charge is 0.253 e. The van der Waals surface area contributed by atoms with E-state index in [1.807, 2.05) is 55.6 Å². The Labute approximate surface area is 172 Å². The SMILES string of the molecule is COc1ccccc1OCc1cccc(C(=O)N(C)Cc2c(Br)cnn2C)c1. The molecule has 0 unspecified atom stereocenters. The molecule has 1 heterocycles. The van der Waals surface area contributed by atoms with Crippen molar-refractivity contribution in [1.29, 1.82) is 0 Å². The van der Waals surface area contributed by atoms with Gasteiger partial charge in [-0.3, -0.25) is 9.48 Å². The molecule has 146 valence electrons. The monoisotopic (exact) mass is 443 g/mol. The van der Waals surface area contributed by atoms with Crippen LogP contribution in [0.3, 0.4) is 0 Å². The van der Waals surface area contributed by atoms with Gasteiger partial charge in [0.2, 0.25) is 0 Å². The summed E-state index contributed by atoms with van der Waals surface area (Å²) in [6, 6.07) is 14.9. The number of para-hydroxylation sites is 2. The Hall–Kier alpha value is -2.80. The van der Waals surface area contributed by atoms with Crippen molar-refractivity contribution in [3.05, 3.63) is 76.0 Å². The number of benzene rings is 2. The fourth-order valence-electron chi connectivity index (χ4n) is 2.82. The van der Waals surface area contributed by atoms with E-state index in [-0.39, 0.29) is 5.91 Å². The number of hydrogen-bond donors (Lipinski definition) is 0. The summed E-state index contributed by atoms with van der Waals surface area (Å²) in [5.74, 6) is 1.28. The van der Waals surface area contributed by atoms with Gasteiger partial charge in [0, 0.05) is 19.7 Å². The minimum absolute atomic E-state index is 0.0627. The first-order chi connectivity index (χ1) is 13.5. The van der Waals surface area contributed by atoms with Crippen LogP contribution < -0.4 is 9.47 Å². The number of aromatic nitrogens is 2. The van der Waals surface area contributed by atoms with E-state index in [1.165, 1.54) is 0 Å². The molecular weight excluding hydrogens is 422 g/mol. The van der Waals surface area contributed by atoms with Crippen molar-refractivity contribution in [2.75, 3.05) is 14.2 Å². The number of halogens is 1. The Kier molecular flexibility index (Phi) is 6.36. The molecule has 0 saturated heterocycles. The third kappa shape index (κ3) is 4.54. The van der Waals surface area contributed by atoms with Crippen molar-refractivity contribution in [3.8, 4) is 11.5 Å². The van der Waals surface area contributed by atoms with Gasteiger partial charge in [0.05, 0.1) is 30.0 Å². The van der Waals surface area contributed by atoms with Gasteiger partial charge in [0.15, 0.2) is 11.5 Å². The minimum atomic E-state index is -0.0627. The van der Waals surface area contributed by atoms with Gasteiger partial charge in [0.1, 0.15) is 6.61 Å². The highest BCUT2D eigenvalue weighted by molar-refractivity contribution is 9.10. The summed E-state index contributed by atoms with van der Waals surface area (Å²) in [6.07, 6.45) is 1.73. The predicted octanol–water partition coefficient (Wildman–Crippen LogP) is 4.04. The Bertz CT molecular complexity index is 952. The van der Waals surface area contributed by atoms with Crippen molar-refractivity contribution >= 4 is 21.8 Å². The van der Waals surface area contributed by atoms with Crippen molar-refractivity contribution in [2.45, 2.75) is 13.2 Å². The Balaban J connectivity index is 1.69. The summed E-state index contributed by atoms with van der Waals surface area (Å²) in [5, 5.41) is 4.19. The molecule has 0 spiro atoms. The van der Waals surface area contributed by atoms with Crippen LogP contribution in [0.5, 0.6) is 11.5 Å². The molecule has 0 aliphatic rings. The van der Waals surface area contributed by atoms with Crippen LogP contribution in [-0.2, 0) is 20.2 Å². The normalized spacial score (nSPS) is 10.6. The van der Waals surface area contributed by atoms with Gasteiger partial charge in [0.25, 0.3) is 5.91 Å². The number of methoxy groups -OCH3 is 1. The number of carbonyl (C=O) groups excluding carboxylic acids is 1. The fraction of sp³-hybridized carbons (Fsp3) is 0.238. The lowest BCUT2D eigenvalue weighted by atomic mass is 10.1. The van der Waals surface area contributed by atoms with E-state index < -0.39 is 0 Å². The van der Waals surface area contributed by atoms with E-state index in [0.29, 0.717) is 30.2 Å². The maximum Gasteiger partial charge on any atom is 0.253 e. The molecule has 0 saturated carbocycles. The molecule has 0 atom stereocenters. The lowest BCUT2D eigenvalue weighted by Crippen LogP contribution is -2.27. The summed E-state index contributed by atoms with van der Waals surface area (Å²) >= 11 is 3.47. The topological polar surface area (TPSA) is 56.6 Å². The van der Waals surface area contributed by atoms with Gasteiger partial charge in [-0.05, 0) is 45.8 Å². The quantitative estimate of drug-likeness (QED) is 0.552. The van der Waals surface area contributed by atoms with Gasteiger partial charge < -0.3 is 14.4 Å². The highest BCUT2D eigenvalue weighted by Gasteiger charge is 2.16. The van der Waals surface area contributed by atoms with Crippen molar-refractivity contribution in [3.63, 3.8) is 0 Å². The number of amides is 1. The largest absolute Gasteiger partial charge is 0.493 e. The molecule has 0 fully saturated rings. The van der Waals surface area contributed by atoms with Crippen LogP contribution in [0, 0.1) is 0 Å². The maximum atomic E-state index is 12.8. The van der Waals surface area contributed by atoms with Crippen LogP contribution in [-0.4, -0.2) is 34.7 Å². The lowest BCUT2D eigenvalue weighted by molar-refractivity contribution is 0.0781. The van der Waals surface area contributed by atoms with Crippen LogP contribution in [0.15, 0.2) is 59.2 Å². The zero-order valence-corrected chi connectivity index (χ0v) is 17.6. The number of aryl methyl sites for hydroxylation is 1. The average molecular weight is 444 g/mol. The average Bonchev–Trinajstić information content (AvgIpc) is 3.04. The molecular formula is C21H22BrN3O3. The van der Waals surface area contributed by atoms with E-state index in [2.05, 4.69) is 21.0 Å². The number of carbonyl (C=O) groups is 1. The third-order valence-electron chi connectivity index (χ3n) is 4.38. The number of rotatable bonds is 7. The molecule has 7 heteroatoms. The molecule has 0 bridgehead atoms. The van der Waals surface area contributed by atoms with Gasteiger partial charge in [-0.15, -0.1) is 0 Å². The molecule has 6 nitrogen and oxygen atoms in total. The van der Waals surface area contributed by atoms with E-state index in [1.54, 1.807) is 29.9 Å². The number of nitrogens with zero attached hydrogens (tertiary/aromatic N) is 3. The summed E-state index contributed by atoms with van der Waals surface area (Å²) in [5.41, 5.74) is 2.46. The van der Waals surface area contributed by atoms with Gasteiger partial charge in [-0.1, -0.05) is 24.3 Å². The predicted molar refractivity (Wildman–Crippen MR) is 110 cm³/mol. The molecule has 0 aliphatic carbocycles. The van der Waals surface area contributed by atoms with Crippen molar-refractivity contribution < 1.29 is 14.3 Å². The minimum Gasteiger partial charge on any atom is -0.493 e. The molecule has 3 aromatic rings. The second-order valence-corrected chi connectivity index (χ2v) is 7.22. The second kappa shape index (κ2) is 8.93. The Morgan fingerprint density at radius 3 is 2.61 bits per heavy atom. The summed E-state index contributed by atoms with van der Waals surface area (Å²) in [6.45, 7) is 0.802. The number of ether oxygens (including phenoxy) is 2. The lowest BCUT2D eigenvalue weighted by Gasteiger charge is -2.18. The molecule has 0 aliphatic heterocycles. The molecule has 3 rings (SSSR count). The first-order valence-electron chi connectivity index (χ1n) is 8.76. The van der Waals surface area contributed by atoms with Crippen LogP contribution in [0.2, 0.25) is 0 Å². The third-order valence-corrected chi connectivity index (χ3v) is 5.04. The van der Waals surface area contributed by atoms with Gasteiger partial charge in [-0.25, -0.2) is 0 Å². The van der Waals surface area contributed by atoms with E-state index in [0.717, 1.165) is 15.7 Å². The van der Waals surface area contributed by atoms with Crippen LogP contribution >= 0.6 is 15.9 Å². The van der Waals surface area contributed by atoms with Gasteiger partial charge in [-0.2, -0.15) is 5.10 Å². The second-order valence-electron chi connectivity index (χ2n) is 6.36.